The third-order valence-corrected chi connectivity index (χ3v) is 3.76. The predicted octanol–water partition coefficient (Wildman–Crippen LogP) is 2.50. The van der Waals surface area contributed by atoms with Crippen molar-refractivity contribution in [3.63, 3.8) is 0 Å². The first-order valence-corrected chi connectivity index (χ1v) is 7.54. The molecule has 1 atom stereocenters. The molecular weight excluding hydrogens is 286 g/mol. The molecule has 0 aliphatic rings. The standard InChI is InChI=1S/C13H20ClNO3S/c1-3-17-8-9-18-10(2)13(16)15-7-6-11-4-5-12(14)19-11/h4-5,10H,3,6-9H2,1-2H3,(H,15,16)/t10-/m0/s1. The van der Waals surface area contributed by atoms with Gasteiger partial charge in [0.25, 0.3) is 0 Å². The van der Waals surface area contributed by atoms with E-state index >= 15 is 0 Å². The Kier molecular flexibility index (Phi) is 8.05. The number of thiophene rings is 1. The number of carbonyl (C=O) groups excluding carboxylic acids is 1. The molecule has 0 radical (unpaired) electrons. The summed E-state index contributed by atoms with van der Waals surface area (Å²) in [5.74, 6) is -0.0980. The minimum atomic E-state index is -0.452. The van der Waals surface area contributed by atoms with Crippen LogP contribution >= 0.6 is 22.9 Å². The monoisotopic (exact) mass is 305 g/mol. The maximum absolute atomic E-state index is 11.7. The fraction of sp³-hybridized carbons (Fsp3) is 0.615. The number of amides is 1. The average Bonchev–Trinajstić information content (AvgIpc) is 2.80. The van der Waals surface area contributed by atoms with Gasteiger partial charge >= 0.3 is 0 Å². The van der Waals surface area contributed by atoms with E-state index < -0.39 is 6.10 Å². The number of hydrogen-bond acceptors (Lipinski definition) is 4. The number of carbonyl (C=O) groups is 1. The summed E-state index contributed by atoms with van der Waals surface area (Å²) in [6, 6.07) is 3.84. The van der Waals surface area contributed by atoms with Gasteiger partial charge in [0.1, 0.15) is 6.10 Å². The normalized spacial score (nSPS) is 12.4. The van der Waals surface area contributed by atoms with Gasteiger partial charge in [-0.25, -0.2) is 0 Å². The third-order valence-electron chi connectivity index (χ3n) is 2.47. The van der Waals surface area contributed by atoms with Crippen molar-refractivity contribution in [2.24, 2.45) is 0 Å². The van der Waals surface area contributed by atoms with Crippen molar-refractivity contribution < 1.29 is 14.3 Å². The highest BCUT2D eigenvalue weighted by atomic mass is 35.5. The predicted molar refractivity (Wildman–Crippen MR) is 77.9 cm³/mol. The van der Waals surface area contributed by atoms with Gasteiger partial charge in [-0.05, 0) is 32.4 Å². The van der Waals surface area contributed by atoms with Gasteiger partial charge < -0.3 is 14.8 Å². The molecule has 0 aliphatic heterocycles. The second-order valence-electron chi connectivity index (χ2n) is 3.96. The van der Waals surface area contributed by atoms with Crippen LogP contribution in [0.15, 0.2) is 12.1 Å². The summed E-state index contributed by atoms with van der Waals surface area (Å²) in [6.45, 7) is 5.86. The van der Waals surface area contributed by atoms with E-state index in [4.69, 9.17) is 21.1 Å². The van der Waals surface area contributed by atoms with Gasteiger partial charge in [-0.15, -0.1) is 11.3 Å². The molecule has 0 bridgehead atoms. The second kappa shape index (κ2) is 9.31. The molecule has 0 saturated heterocycles. The smallest absolute Gasteiger partial charge is 0.248 e. The summed E-state index contributed by atoms with van der Waals surface area (Å²) in [5, 5.41) is 2.84. The summed E-state index contributed by atoms with van der Waals surface area (Å²) < 4.78 is 11.3. The molecule has 108 valence electrons. The Morgan fingerprint density at radius 1 is 1.47 bits per heavy atom. The first-order valence-electron chi connectivity index (χ1n) is 6.34. The zero-order valence-electron chi connectivity index (χ0n) is 11.3. The van der Waals surface area contributed by atoms with E-state index in [1.807, 2.05) is 19.1 Å². The fourth-order valence-corrected chi connectivity index (χ4v) is 2.53. The van der Waals surface area contributed by atoms with Crippen LogP contribution in [0.4, 0.5) is 0 Å². The quantitative estimate of drug-likeness (QED) is 0.713. The molecule has 0 aliphatic carbocycles. The molecule has 0 aromatic carbocycles. The highest BCUT2D eigenvalue weighted by molar-refractivity contribution is 7.16. The zero-order valence-corrected chi connectivity index (χ0v) is 12.9. The van der Waals surface area contributed by atoms with Crippen LogP contribution in [0.25, 0.3) is 0 Å². The second-order valence-corrected chi connectivity index (χ2v) is 5.76. The number of hydrogen-bond donors (Lipinski definition) is 1. The van der Waals surface area contributed by atoms with Crippen molar-refractivity contribution in [1.29, 1.82) is 0 Å². The third kappa shape index (κ3) is 6.92. The van der Waals surface area contributed by atoms with Crippen molar-refractivity contribution in [3.05, 3.63) is 21.3 Å². The lowest BCUT2D eigenvalue weighted by Crippen LogP contribution is -2.36. The van der Waals surface area contributed by atoms with Crippen LogP contribution in [0.1, 0.15) is 18.7 Å². The lowest BCUT2D eigenvalue weighted by molar-refractivity contribution is -0.132. The Labute approximate surface area is 123 Å². The van der Waals surface area contributed by atoms with E-state index in [1.54, 1.807) is 6.92 Å². The molecule has 0 saturated carbocycles. The van der Waals surface area contributed by atoms with Crippen LogP contribution in [0.3, 0.4) is 0 Å². The fourth-order valence-electron chi connectivity index (χ4n) is 1.44. The minimum absolute atomic E-state index is 0.0980. The molecule has 1 aromatic rings. The lowest BCUT2D eigenvalue weighted by atomic mass is 10.3. The molecule has 1 N–H and O–H groups in total. The maximum Gasteiger partial charge on any atom is 0.248 e. The van der Waals surface area contributed by atoms with Crippen LogP contribution in [-0.2, 0) is 20.7 Å². The van der Waals surface area contributed by atoms with Crippen molar-refractivity contribution in [1.82, 2.24) is 5.32 Å². The van der Waals surface area contributed by atoms with Crippen LogP contribution in [-0.4, -0.2) is 38.4 Å². The zero-order chi connectivity index (χ0) is 14.1. The van der Waals surface area contributed by atoms with Gasteiger partial charge in [-0.2, -0.15) is 0 Å². The summed E-state index contributed by atoms with van der Waals surface area (Å²) >= 11 is 7.37. The Morgan fingerprint density at radius 3 is 2.89 bits per heavy atom. The average molecular weight is 306 g/mol. The lowest BCUT2D eigenvalue weighted by Gasteiger charge is -2.13. The van der Waals surface area contributed by atoms with Crippen LogP contribution in [0.5, 0.6) is 0 Å². The largest absolute Gasteiger partial charge is 0.379 e. The highest BCUT2D eigenvalue weighted by Gasteiger charge is 2.12. The molecule has 0 fully saturated rings. The molecule has 1 amide bonds. The Hall–Kier alpha value is -0.620. The van der Waals surface area contributed by atoms with Gasteiger partial charge in [-0.1, -0.05) is 11.6 Å². The molecule has 1 heterocycles. The molecule has 0 unspecified atom stereocenters. The van der Waals surface area contributed by atoms with Crippen molar-refractivity contribution in [3.8, 4) is 0 Å². The number of ether oxygens (including phenoxy) is 2. The Balaban J connectivity index is 2.12. The minimum Gasteiger partial charge on any atom is -0.379 e. The topological polar surface area (TPSA) is 47.6 Å². The summed E-state index contributed by atoms with van der Waals surface area (Å²) in [6.07, 6.45) is 0.335. The molecule has 6 heteroatoms. The summed E-state index contributed by atoms with van der Waals surface area (Å²) in [5.41, 5.74) is 0. The van der Waals surface area contributed by atoms with Gasteiger partial charge in [0.2, 0.25) is 5.91 Å². The van der Waals surface area contributed by atoms with E-state index in [9.17, 15) is 4.79 Å². The molecule has 0 spiro atoms. The first kappa shape index (κ1) is 16.4. The number of halogens is 1. The Bertz CT molecular complexity index is 384. The summed E-state index contributed by atoms with van der Waals surface area (Å²) in [4.78, 5) is 12.9. The highest BCUT2D eigenvalue weighted by Crippen LogP contribution is 2.21. The number of nitrogens with one attached hydrogen (secondary N) is 1. The van der Waals surface area contributed by atoms with E-state index in [-0.39, 0.29) is 5.91 Å². The molecule has 19 heavy (non-hydrogen) atoms. The van der Waals surface area contributed by atoms with E-state index in [2.05, 4.69) is 5.32 Å². The van der Waals surface area contributed by atoms with Crippen molar-refractivity contribution in [2.45, 2.75) is 26.4 Å². The molecule has 1 rings (SSSR count). The van der Waals surface area contributed by atoms with E-state index in [0.29, 0.717) is 26.4 Å². The van der Waals surface area contributed by atoms with Crippen LogP contribution in [0.2, 0.25) is 4.34 Å². The van der Waals surface area contributed by atoms with Gasteiger partial charge in [-0.3, -0.25) is 4.79 Å². The van der Waals surface area contributed by atoms with Crippen LogP contribution < -0.4 is 5.32 Å². The molecule has 1 aromatic heterocycles. The van der Waals surface area contributed by atoms with Crippen molar-refractivity contribution >= 4 is 28.8 Å². The van der Waals surface area contributed by atoms with Gasteiger partial charge in [0, 0.05) is 18.0 Å². The van der Waals surface area contributed by atoms with E-state index in [1.165, 1.54) is 11.3 Å². The van der Waals surface area contributed by atoms with Gasteiger partial charge in [0.05, 0.1) is 17.6 Å². The first-order chi connectivity index (χ1) is 9.13. The van der Waals surface area contributed by atoms with Gasteiger partial charge in [0.15, 0.2) is 0 Å². The SMILES string of the molecule is CCOCCO[C@@H](C)C(=O)NCCc1ccc(Cl)s1. The maximum atomic E-state index is 11.7. The number of rotatable bonds is 9. The van der Waals surface area contributed by atoms with Crippen molar-refractivity contribution in [2.75, 3.05) is 26.4 Å². The summed E-state index contributed by atoms with van der Waals surface area (Å²) in [7, 11) is 0. The Morgan fingerprint density at radius 2 is 2.26 bits per heavy atom. The molecule has 4 nitrogen and oxygen atoms in total. The van der Waals surface area contributed by atoms with Crippen LogP contribution in [0, 0.1) is 0 Å². The van der Waals surface area contributed by atoms with E-state index in [0.717, 1.165) is 15.6 Å². The molecular formula is C13H20ClNO3S.